The average molecular weight is 304 g/mol. The highest BCUT2D eigenvalue weighted by Crippen LogP contribution is 2.29. The third-order valence-electron chi connectivity index (χ3n) is 3.69. The Kier molecular flexibility index (Phi) is 4.07. The fourth-order valence-electron chi connectivity index (χ4n) is 2.31. The summed E-state index contributed by atoms with van der Waals surface area (Å²) < 4.78 is 0. The summed E-state index contributed by atoms with van der Waals surface area (Å²) in [7, 11) is 0. The van der Waals surface area contributed by atoms with Crippen molar-refractivity contribution in [2.45, 2.75) is 20.8 Å². The number of imide groups is 1. The quantitative estimate of drug-likeness (QED) is 0.502. The van der Waals surface area contributed by atoms with Gasteiger partial charge in [-0.25, -0.2) is 0 Å². The van der Waals surface area contributed by atoms with Crippen LogP contribution in [0.5, 0.6) is 0 Å². The lowest BCUT2D eigenvalue weighted by molar-refractivity contribution is -0.147. The zero-order valence-electron chi connectivity index (χ0n) is 12.9. The molecule has 118 valence electrons. The number of nitrogens with one attached hydrogen (secondary N) is 3. The molecule has 0 aromatic carbocycles. The van der Waals surface area contributed by atoms with Crippen LogP contribution < -0.4 is 16.0 Å². The van der Waals surface area contributed by atoms with Crippen molar-refractivity contribution in [3.63, 3.8) is 0 Å². The Hall–Kier alpha value is -2.57. The lowest BCUT2D eigenvalue weighted by Gasteiger charge is -2.26. The lowest BCUT2D eigenvalue weighted by atomic mass is 9.88. The normalized spacial score (nSPS) is 20.7. The van der Waals surface area contributed by atoms with Crippen LogP contribution in [0.25, 0.3) is 0 Å². The van der Waals surface area contributed by atoms with Crippen LogP contribution in [0.1, 0.15) is 20.8 Å². The Morgan fingerprint density at radius 1 is 1.32 bits per heavy atom. The molecule has 2 aliphatic rings. The SMILES string of the molecule is C=CC(C)(C)C1=C(/C=C2\NC(=O)CN(C(C)=O)C2=O)NCN1. The van der Waals surface area contributed by atoms with Gasteiger partial charge in [0.2, 0.25) is 11.8 Å². The summed E-state index contributed by atoms with van der Waals surface area (Å²) in [4.78, 5) is 36.3. The van der Waals surface area contributed by atoms with E-state index < -0.39 is 17.7 Å². The molecule has 0 aliphatic carbocycles. The van der Waals surface area contributed by atoms with Crippen LogP contribution in [0, 0.1) is 5.41 Å². The summed E-state index contributed by atoms with van der Waals surface area (Å²) in [6, 6.07) is 0. The Morgan fingerprint density at radius 2 is 2.00 bits per heavy atom. The van der Waals surface area contributed by atoms with Crippen LogP contribution in [0.3, 0.4) is 0 Å². The Bertz CT molecular complexity index is 616. The van der Waals surface area contributed by atoms with Crippen LogP contribution in [-0.2, 0) is 14.4 Å². The van der Waals surface area contributed by atoms with E-state index in [0.29, 0.717) is 12.4 Å². The first kappa shape index (κ1) is 15.8. The van der Waals surface area contributed by atoms with E-state index >= 15 is 0 Å². The number of nitrogens with zero attached hydrogens (tertiary/aromatic N) is 1. The molecule has 2 heterocycles. The summed E-state index contributed by atoms with van der Waals surface area (Å²) >= 11 is 0. The molecule has 2 aliphatic heterocycles. The van der Waals surface area contributed by atoms with E-state index in [4.69, 9.17) is 0 Å². The third kappa shape index (κ3) is 2.88. The fraction of sp³-hybridized carbons (Fsp3) is 0.400. The minimum Gasteiger partial charge on any atom is -0.369 e. The first-order chi connectivity index (χ1) is 10.3. The maximum atomic E-state index is 12.3. The highest BCUT2D eigenvalue weighted by atomic mass is 16.2. The Balaban J connectivity index is 2.40. The molecule has 0 saturated carbocycles. The maximum Gasteiger partial charge on any atom is 0.277 e. The van der Waals surface area contributed by atoms with Gasteiger partial charge in [-0.3, -0.25) is 19.3 Å². The second-order valence-electron chi connectivity index (χ2n) is 5.76. The number of carbonyl (C=O) groups excluding carboxylic acids is 3. The predicted octanol–water partition coefficient (Wildman–Crippen LogP) is -0.0507. The molecule has 0 aromatic rings. The van der Waals surface area contributed by atoms with E-state index in [1.165, 1.54) is 6.92 Å². The second-order valence-corrected chi connectivity index (χ2v) is 5.76. The van der Waals surface area contributed by atoms with E-state index in [-0.39, 0.29) is 17.7 Å². The summed E-state index contributed by atoms with van der Waals surface area (Å²) in [5.74, 6) is -1.36. The third-order valence-corrected chi connectivity index (χ3v) is 3.69. The van der Waals surface area contributed by atoms with Gasteiger partial charge in [0.15, 0.2) is 0 Å². The monoisotopic (exact) mass is 304 g/mol. The summed E-state index contributed by atoms with van der Waals surface area (Å²) in [5.41, 5.74) is 1.32. The van der Waals surface area contributed by atoms with Crippen molar-refractivity contribution in [3.8, 4) is 0 Å². The largest absolute Gasteiger partial charge is 0.369 e. The Morgan fingerprint density at radius 3 is 2.59 bits per heavy atom. The molecule has 1 fully saturated rings. The maximum absolute atomic E-state index is 12.3. The van der Waals surface area contributed by atoms with Crippen LogP contribution in [0.2, 0.25) is 0 Å². The summed E-state index contributed by atoms with van der Waals surface area (Å²) in [6.07, 6.45) is 3.35. The number of piperazine rings is 1. The average Bonchev–Trinajstić information content (AvgIpc) is 2.91. The van der Waals surface area contributed by atoms with E-state index in [1.807, 2.05) is 13.8 Å². The molecule has 3 N–H and O–H groups in total. The van der Waals surface area contributed by atoms with Gasteiger partial charge < -0.3 is 16.0 Å². The molecule has 0 atom stereocenters. The van der Waals surface area contributed by atoms with Crippen molar-refractivity contribution in [2.24, 2.45) is 5.41 Å². The number of carbonyl (C=O) groups is 3. The van der Waals surface area contributed by atoms with Crippen LogP contribution in [0.4, 0.5) is 0 Å². The van der Waals surface area contributed by atoms with Gasteiger partial charge in [-0.2, -0.15) is 0 Å². The van der Waals surface area contributed by atoms with Gasteiger partial charge in [-0.05, 0) is 6.08 Å². The zero-order valence-corrected chi connectivity index (χ0v) is 12.9. The van der Waals surface area contributed by atoms with Gasteiger partial charge in [0.25, 0.3) is 5.91 Å². The summed E-state index contributed by atoms with van der Waals surface area (Å²) in [5, 5.41) is 8.83. The number of rotatable bonds is 3. The fourth-order valence-corrected chi connectivity index (χ4v) is 2.31. The summed E-state index contributed by atoms with van der Waals surface area (Å²) in [6.45, 7) is 9.30. The van der Waals surface area contributed by atoms with E-state index in [0.717, 1.165) is 10.6 Å². The van der Waals surface area contributed by atoms with Crippen LogP contribution in [0.15, 0.2) is 35.8 Å². The van der Waals surface area contributed by atoms with Crippen molar-refractivity contribution in [1.82, 2.24) is 20.9 Å². The molecule has 0 radical (unpaired) electrons. The second kappa shape index (κ2) is 5.67. The highest BCUT2D eigenvalue weighted by Gasteiger charge is 2.32. The molecule has 0 unspecified atom stereocenters. The molecule has 2 rings (SSSR count). The van der Waals surface area contributed by atoms with E-state index in [1.54, 1.807) is 12.2 Å². The molecule has 1 saturated heterocycles. The minimum atomic E-state index is -0.510. The number of hydrogen-bond acceptors (Lipinski definition) is 5. The smallest absolute Gasteiger partial charge is 0.277 e. The van der Waals surface area contributed by atoms with E-state index in [2.05, 4.69) is 22.5 Å². The molecular weight excluding hydrogens is 284 g/mol. The van der Waals surface area contributed by atoms with Gasteiger partial charge in [0.05, 0.1) is 12.4 Å². The molecule has 22 heavy (non-hydrogen) atoms. The van der Waals surface area contributed by atoms with Gasteiger partial charge >= 0.3 is 0 Å². The molecule has 7 heteroatoms. The minimum absolute atomic E-state index is 0.0787. The standard InChI is InChI=1S/C15H20N4O3/c1-5-15(3,4)13-10(16-8-17-13)6-11-14(22)19(9(2)20)7-12(21)18-11/h5-6,16-17H,1,7-8H2,2-4H3,(H,18,21)/b11-6-. The van der Waals surface area contributed by atoms with Crippen molar-refractivity contribution in [2.75, 3.05) is 13.2 Å². The van der Waals surface area contributed by atoms with E-state index in [9.17, 15) is 14.4 Å². The lowest BCUT2D eigenvalue weighted by Crippen LogP contribution is -2.51. The van der Waals surface area contributed by atoms with Crippen LogP contribution in [-0.4, -0.2) is 35.8 Å². The predicted molar refractivity (Wildman–Crippen MR) is 80.8 cm³/mol. The first-order valence-corrected chi connectivity index (χ1v) is 6.96. The number of amides is 3. The van der Waals surface area contributed by atoms with Gasteiger partial charge in [0.1, 0.15) is 12.2 Å². The van der Waals surface area contributed by atoms with Crippen molar-refractivity contribution in [1.29, 1.82) is 0 Å². The first-order valence-electron chi connectivity index (χ1n) is 6.96. The van der Waals surface area contributed by atoms with Crippen molar-refractivity contribution < 1.29 is 14.4 Å². The van der Waals surface area contributed by atoms with Crippen molar-refractivity contribution >= 4 is 17.7 Å². The van der Waals surface area contributed by atoms with Gasteiger partial charge in [-0.15, -0.1) is 6.58 Å². The molecule has 7 nitrogen and oxygen atoms in total. The number of allylic oxidation sites excluding steroid dienone is 2. The molecule has 3 amide bonds. The van der Waals surface area contributed by atoms with Crippen LogP contribution >= 0.6 is 0 Å². The zero-order chi connectivity index (χ0) is 16.5. The molecular formula is C15H20N4O3. The molecule has 0 bridgehead atoms. The van der Waals surface area contributed by atoms with Gasteiger partial charge in [-0.1, -0.05) is 19.9 Å². The Labute approximate surface area is 129 Å². The van der Waals surface area contributed by atoms with Crippen molar-refractivity contribution in [3.05, 3.63) is 35.8 Å². The highest BCUT2D eigenvalue weighted by molar-refractivity contribution is 6.10. The number of hydrogen-bond donors (Lipinski definition) is 3. The van der Waals surface area contributed by atoms with Gasteiger partial charge in [0, 0.05) is 18.0 Å². The molecule has 0 spiro atoms. The molecule has 0 aromatic heterocycles. The topological polar surface area (TPSA) is 90.5 Å².